The second-order valence-corrected chi connectivity index (χ2v) is 2.82. The molecule has 0 radical (unpaired) electrons. The second-order valence-electron chi connectivity index (χ2n) is 2.82. The lowest BCUT2D eigenvalue weighted by molar-refractivity contribution is -0.384. The molecule has 0 spiro atoms. The molecule has 1 rings (SSSR count). The van der Waals surface area contributed by atoms with Crippen molar-refractivity contribution in [2.75, 3.05) is 7.05 Å². The van der Waals surface area contributed by atoms with Crippen molar-refractivity contribution in [3.05, 3.63) is 44.9 Å². The fraction of sp³-hybridized carbons (Fsp3) is 0.250. The summed E-state index contributed by atoms with van der Waals surface area (Å²) in [6, 6.07) is 5.99. The van der Waals surface area contributed by atoms with Crippen molar-refractivity contribution in [3.63, 3.8) is 0 Å². The Bertz CT molecular complexity index is 336. The summed E-state index contributed by atoms with van der Waals surface area (Å²) in [6.07, 6.45) is 0. The average Bonchev–Trinajstić information content (AvgIpc) is 2.18. The van der Waals surface area contributed by atoms with Crippen LogP contribution in [-0.4, -0.2) is 17.0 Å². The Hall–Kier alpha value is -1.98. The number of rotatable bonds is 4. The van der Waals surface area contributed by atoms with E-state index in [9.17, 15) is 15.0 Å². The lowest BCUT2D eigenvalue weighted by Gasteiger charge is -2.07. The number of nitrogens with zero attached hydrogens (tertiary/aromatic N) is 3. The maximum absolute atomic E-state index is 10.3. The first-order chi connectivity index (χ1) is 6.63. The third-order valence-corrected chi connectivity index (χ3v) is 1.70. The minimum Gasteiger partial charge on any atom is -0.260 e. The zero-order chi connectivity index (χ0) is 10.6. The van der Waals surface area contributed by atoms with Crippen molar-refractivity contribution in [2.45, 2.75) is 6.54 Å². The predicted molar refractivity (Wildman–Crippen MR) is 50.4 cm³/mol. The highest BCUT2D eigenvalue weighted by molar-refractivity contribution is 5.32. The molecule has 6 heteroatoms. The Morgan fingerprint density at radius 2 is 2.00 bits per heavy atom. The molecule has 14 heavy (non-hydrogen) atoms. The minimum atomic E-state index is -0.467. The monoisotopic (exact) mass is 195 g/mol. The van der Waals surface area contributed by atoms with Crippen molar-refractivity contribution in [1.29, 1.82) is 0 Å². The van der Waals surface area contributed by atoms with Gasteiger partial charge in [0.1, 0.15) is 0 Å². The Morgan fingerprint density at radius 1 is 1.43 bits per heavy atom. The first-order valence-corrected chi connectivity index (χ1v) is 3.91. The molecule has 74 valence electrons. The molecule has 1 aromatic rings. The van der Waals surface area contributed by atoms with Crippen molar-refractivity contribution in [3.8, 4) is 0 Å². The topological polar surface area (TPSA) is 75.8 Å². The molecule has 0 aromatic heterocycles. The molecule has 0 amide bonds. The summed E-state index contributed by atoms with van der Waals surface area (Å²) in [5.41, 5.74) is 0.841. The van der Waals surface area contributed by atoms with Gasteiger partial charge in [0.2, 0.25) is 0 Å². The summed E-state index contributed by atoms with van der Waals surface area (Å²) in [4.78, 5) is 19.9. The number of hydrogen-bond acceptors (Lipinski definition) is 4. The molecule has 0 aliphatic carbocycles. The normalized spacial score (nSPS) is 9.50. The largest absolute Gasteiger partial charge is 0.269 e. The van der Waals surface area contributed by atoms with E-state index < -0.39 is 4.92 Å². The molecular formula is C8H9N3O3. The molecule has 6 nitrogen and oxygen atoms in total. The van der Waals surface area contributed by atoms with Gasteiger partial charge in [0.05, 0.1) is 16.8 Å². The van der Waals surface area contributed by atoms with Crippen LogP contribution in [0.3, 0.4) is 0 Å². The molecule has 0 saturated carbocycles. The predicted octanol–water partition coefficient (Wildman–Crippen LogP) is 1.71. The van der Waals surface area contributed by atoms with E-state index in [2.05, 4.69) is 5.29 Å². The number of benzene rings is 1. The smallest absolute Gasteiger partial charge is 0.260 e. The zero-order valence-electron chi connectivity index (χ0n) is 7.58. The van der Waals surface area contributed by atoms with Gasteiger partial charge in [-0.15, -0.1) is 4.91 Å². The number of hydrogen-bond donors (Lipinski definition) is 0. The van der Waals surface area contributed by atoms with Crippen LogP contribution in [0, 0.1) is 15.0 Å². The van der Waals surface area contributed by atoms with Gasteiger partial charge in [0.25, 0.3) is 5.69 Å². The summed E-state index contributed by atoms with van der Waals surface area (Å²) >= 11 is 0. The summed E-state index contributed by atoms with van der Waals surface area (Å²) in [7, 11) is 1.54. The van der Waals surface area contributed by atoms with E-state index in [1.807, 2.05) is 0 Å². The van der Waals surface area contributed by atoms with Crippen molar-refractivity contribution < 1.29 is 4.92 Å². The van der Waals surface area contributed by atoms with Gasteiger partial charge >= 0.3 is 0 Å². The average molecular weight is 195 g/mol. The molecular weight excluding hydrogens is 186 g/mol. The fourth-order valence-electron chi connectivity index (χ4n) is 1.02. The number of non-ortho nitro benzene ring substituents is 1. The zero-order valence-corrected chi connectivity index (χ0v) is 7.58. The second kappa shape index (κ2) is 4.31. The standard InChI is InChI=1S/C8H9N3O3/c1-10(9-12)6-7-2-4-8(5-3-7)11(13)14/h2-5H,6H2,1H3. The van der Waals surface area contributed by atoms with Crippen LogP contribution in [0.25, 0.3) is 0 Å². The highest BCUT2D eigenvalue weighted by Gasteiger charge is 2.04. The summed E-state index contributed by atoms with van der Waals surface area (Å²) in [6.45, 7) is 0.349. The van der Waals surface area contributed by atoms with E-state index in [1.54, 1.807) is 12.1 Å². The van der Waals surface area contributed by atoms with E-state index in [-0.39, 0.29) is 5.69 Å². The van der Waals surface area contributed by atoms with E-state index in [0.717, 1.165) is 5.56 Å². The van der Waals surface area contributed by atoms with Gasteiger partial charge in [-0.2, -0.15) is 0 Å². The quantitative estimate of drug-likeness (QED) is 0.416. The lowest BCUT2D eigenvalue weighted by atomic mass is 10.2. The van der Waals surface area contributed by atoms with Gasteiger partial charge in [-0.3, -0.25) is 15.1 Å². The van der Waals surface area contributed by atoms with Crippen LogP contribution in [0.15, 0.2) is 29.6 Å². The first-order valence-electron chi connectivity index (χ1n) is 3.91. The van der Waals surface area contributed by atoms with Crippen molar-refractivity contribution in [2.24, 2.45) is 5.29 Å². The first kappa shape index (κ1) is 10.1. The van der Waals surface area contributed by atoms with Crippen LogP contribution in [-0.2, 0) is 6.54 Å². The van der Waals surface area contributed by atoms with Gasteiger partial charge in [-0.1, -0.05) is 12.1 Å². The summed E-state index contributed by atoms with van der Waals surface area (Å²) < 4.78 is 0. The molecule has 0 bridgehead atoms. The van der Waals surface area contributed by atoms with Crippen LogP contribution in [0.4, 0.5) is 5.69 Å². The van der Waals surface area contributed by atoms with E-state index in [0.29, 0.717) is 6.54 Å². The summed E-state index contributed by atoms with van der Waals surface area (Å²) in [5, 5.41) is 14.2. The Kier molecular flexibility index (Phi) is 3.11. The molecule has 0 aliphatic rings. The van der Waals surface area contributed by atoms with Gasteiger partial charge in [0, 0.05) is 19.2 Å². The maximum atomic E-state index is 10.3. The van der Waals surface area contributed by atoms with Crippen LogP contribution < -0.4 is 0 Å². The Balaban J connectivity index is 2.73. The molecule has 0 N–H and O–H groups in total. The molecule has 0 heterocycles. The van der Waals surface area contributed by atoms with Crippen LogP contribution in [0.2, 0.25) is 0 Å². The third kappa shape index (κ3) is 2.51. The van der Waals surface area contributed by atoms with Gasteiger partial charge < -0.3 is 0 Å². The Morgan fingerprint density at radius 3 is 2.43 bits per heavy atom. The minimum absolute atomic E-state index is 0.0375. The van der Waals surface area contributed by atoms with Crippen LogP contribution >= 0.6 is 0 Å². The molecule has 0 unspecified atom stereocenters. The van der Waals surface area contributed by atoms with Crippen molar-refractivity contribution in [1.82, 2.24) is 5.01 Å². The van der Waals surface area contributed by atoms with Gasteiger partial charge in [-0.25, -0.2) is 0 Å². The van der Waals surface area contributed by atoms with Gasteiger partial charge in [0.15, 0.2) is 0 Å². The molecule has 0 aliphatic heterocycles. The van der Waals surface area contributed by atoms with Gasteiger partial charge in [-0.05, 0) is 5.56 Å². The SMILES string of the molecule is CN(Cc1ccc([N+](=O)[O-])cc1)N=O. The number of nitro benzene ring substituents is 1. The molecule has 0 fully saturated rings. The van der Waals surface area contributed by atoms with E-state index >= 15 is 0 Å². The Labute approximate surface area is 80.2 Å². The van der Waals surface area contributed by atoms with Crippen LogP contribution in [0.5, 0.6) is 0 Å². The maximum Gasteiger partial charge on any atom is 0.269 e. The van der Waals surface area contributed by atoms with E-state index in [1.165, 1.54) is 24.2 Å². The molecule has 0 saturated heterocycles. The number of nitroso groups, excluding NO2 is 1. The number of nitro groups is 1. The van der Waals surface area contributed by atoms with Crippen LogP contribution in [0.1, 0.15) is 5.56 Å². The molecule has 0 atom stereocenters. The fourth-order valence-corrected chi connectivity index (χ4v) is 1.02. The lowest BCUT2D eigenvalue weighted by Crippen LogP contribution is -2.08. The molecule has 1 aromatic carbocycles. The highest BCUT2D eigenvalue weighted by atomic mass is 16.6. The summed E-state index contributed by atoms with van der Waals surface area (Å²) in [5.74, 6) is 0. The van der Waals surface area contributed by atoms with E-state index in [4.69, 9.17) is 0 Å². The van der Waals surface area contributed by atoms with Crippen molar-refractivity contribution >= 4 is 5.69 Å². The third-order valence-electron chi connectivity index (χ3n) is 1.70. The highest BCUT2D eigenvalue weighted by Crippen LogP contribution is 2.12.